The molecule has 0 saturated heterocycles. The average Bonchev–Trinajstić information content (AvgIpc) is 2.71. The van der Waals surface area contributed by atoms with Crippen LogP contribution < -0.4 is 0 Å². The van der Waals surface area contributed by atoms with Crippen molar-refractivity contribution in [1.82, 2.24) is 14.8 Å². The van der Waals surface area contributed by atoms with Crippen LogP contribution in [0, 0.1) is 5.82 Å². The summed E-state index contributed by atoms with van der Waals surface area (Å²) in [7, 11) is 1.74. The minimum Gasteiger partial charge on any atom is -0.481 e. The fourth-order valence-corrected chi connectivity index (χ4v) is 2.21. The molecule has 5 nitrogen and oxygen atoms in total. The maximum absolute atomic E-state index is 13.5. The Morgan fingerprint density at radius 1 is 1.42 bits per heavy atom. The number of hydrogen-bond acceptors (Lipinski definition) is 4. The zero-order valence-corrected chi connectivity index (χ0v) is 11.0. The summed E-state index contributed by atoms with van der Waals surface area (Å²) in [5.41, 5.74) is 0.535. The maximum atomic E-state index is 13.5. The van der Waals surface area contributed by atoms with Crippen molar-refractivity contribution in [2.75, 3.05) is 5.75 Å². The minimum atomic E-state index is -0.913. The van der Waals surface area contributed by atoms with Crippen molar-refractivity contribution in [3.63, 3.8) is 0 Å². The Morgan fingerprint density at radius 3 is 2.84 bits per heavy atom. The number of thioether (sulfide) groups is 1. The van der Waals surface area contributed by atoms with E-state index in [1.165, 1.54) is 6.07 Å². The number of benzene rings is 1. The maximum Gasteiger partial charge on any atom is 0.313 e. The highest BCUT2D eigenvalue weighted by Crippen LogP contribution is 2.18. The number of aliphatic carboxylic acids is 1. The number of aromatic nitrogens is 3. The van der Waals surface area contributed by atoms with Crippen molar-refractivity contribution < 1.29 is 14.3 Å². The van der Waals surface area contributed by atoms with Gasteiger partial charge in [-0.15, -0.1) is 10.2 Å². The van der Waals surface area contributed by atoms with Crippen molar-refractivity contribution in [2.45, 2.75) is 11.6 Å². The molecule has 1 N–H and O–H groups in total. The molecule has 0 aliphatic heterocycles. The number of halogens is 1. The first-order valence-electron chi connectivity index (χ1n) is 5.54. The molecule has 0 aliphatic rings. The van der Waals surface area contributed by atoms with Crippen LogP contribution in [0.15, 0.2) is 29.4 Å². The third-order valence-corrected chi connectivity index (χ3v) is 3.56. The smallest absolute Gasteiger partial charge is 0.313 e. The van der Waals surface area contributed by atoms with Gasteiger partial charge in [-0.1, -0.05) is 30.0 Å². The second-order valence-electron chi connectivity index (χ2n) is 3.91. The molecule has 1 aromatic heterocycles. The fourth-order valence-electron chi connectivity index (χ4n) is 1.56. The van der Waals surface area contributed by atoms with Gasteiger partial charge < -0.3 is 9.67 Å². The van der Waals surface area contributed by atoms with E-state index in [-0.39, 0.29) is 11.6 Å². The van der Waals surface area contributed by atoms with Gasteiger partial charge in [0.25, 0.3) is 0 Å². The first-order valence-corrected chi connectivity index (χ1v) is 6.52. The van der Waals surface area contributed by atoms with Crippen LogP contribution in [-0.4, -0.2) is 31.6 Å². The van der Waals surface area contributed by atoms with Crippen LogP contribution in [0.4, 0.5) is 4.39 Å². The van der Waals surface area contributed by atoms with Crippen molar-refractivity contribution in [2.24, 2.45) is 7.05 Å². The highest BCUT2D eigenvalue weighted by Gasteiger charge is 2.12. The Hall–Kier alpha value is -1.89. The molecule has 0 aliphatic carbocycles. The van der Waals surface area contributed by atoms with Gasteiger partial charge in [0.2, 0.25) is 0 Å². The number of rotatable bonds is 5. The van der Waals surface area contributed by atoms with Crippen molar-refractivity contribution >= 4 is 17.7 Å². The van der Waals surface area contributed by atoms with Crippen molar-refractivity contribution in [1.29, 1.82) is 0 Å². The predicted molar refractivity (Wildman–Crippen MR) is 68.6 cm³/mol. The molecular formula is C12H12FN3O2S. The van der Waals surface area contributed by atoms with Gasteiger partial charge in [0.05, 0.1) is 5.75 Å². The summed E-state index contributed by atoms with van der Waals surface area (Å²) < 4.78 is 15.2. The van der Waals surface area contributed by atoms with E-state index in [9.17, 15) is 9.18 Å². The third kappa shape index (κ3) is 3.31. The van der Waals surface area contributed by atoms with Gasteiger partial charge in [0.1, 0.15) is 11.6 Å². The summed E-state index contributed by atoms with van der Waals surface area (Å²) in [6, 6.07) is 6.47. The van der Waals surface area contributed by atoms with Crippen LogP contribution in [0.5, 0.6) is 0 Å². The monoisotopic (exact) mass is 281 g/mol. The Morgan fingerprint density at radius 2 is 2.16 bits per heavy atom. The summed E-state index contributed by atoms with van der Waals surface area (Å²) in [5, 5.41) is 17.0. The van der Waals surface area contributed by atoms with E-state index >= 15 is 0 Å². The van der Waals surface area contributed by atoms with Gasteiger partial charge in [-0.3, -0.25) is 4.79 Å². The summed E-state index contributed by atoms with van der Waals surface area (Å²) in [6.07, 6.45) is 0.323. The second-order valence-corrected chi connectivity index (χ2v) is 4.85. The zero-order chi connectivity index (χ0) is 13.8. The van der Waals surface area contributed by atoms with Crippen molar-refractivity contribution in [3.8, 4) is 0 Å². The summed E-state index contributed by atoms with van der Waals surface area (Å²) in [5.74, 6) is -0.682. The van der Waals surface area contributed by atoms with Crippen LogP contribution in [0.2, 0.25) is 0 Å². The SMILES string of the molecule is Cn1c(Cc2ccccc2F)nnc1SCC(=O)O. The van der Waals surface area contributed by atoms with Crippen LogP contribution in [0.1, 0.15) is 11.4 Å². The molecule has 0 amide bonds. The van der Waals surface area contributed by atoms with Crippen molar-refractivity contribution in [3.05, 3.63) is 41.5 Å². The van der Waals surface area contributed by atoms with E-state index in [0.29, 0.717) is 23.0 Å². The molecule has 19 heavy (non-hydrogen) atoms. The van der Waals surface area contributed by atoms with E-state index in [1.807, 2.05) is 0 Å². The number of nitrogens with zero attached hydrogens (tertiary/aromatic N) is 3. The van der Waals surface area contributed by atoms with Gasteiger partial charge in [-0.05, 0) is 11.6 Å². The Labute approximate surface area is 113 Å². The van der Waals surface area contributed by atoms with Gasteiger partial charge in [0, 0.05) is 13.5 Å². The molecule has 7 heteroatoms. The highest BCUT2D eigenvalue weighted by molar-refractivity contribution is 7.99. The van der Waals surface area contributed by atoms with Crippen LogP contribution in [0.3, 0.4) is 0 Å². The summed E-state index contributed by atoms with van der Waals surface area (Å²) in [4.78, 5) is 10.5. The topological polar surface area (TPSA) is 68.0 Å². The largest absolute Gasteiger partial charge is 0.481 e. The zero-order valence-electron chi connectivity index (χ0n) is 10.2. The molecule has 2 aromatic rings. The number of carboxylic acid groups (broad SMARTS) is 1. The molecule has 1 heterocycles. The third-order valence-electron chi connectivity index (χ3n) is 2.56. The van der Waals surface area contributed by atoms with E-state index < -0.39 is 5.97 Å². The standard InChI is InChI=1S/C12H12FN3O2S/c1-16-10(6-8-4-2-3-5-9(8)13)14-15-12(16)19-7-11(17)18/h2-5H,6-7H2,1H3,(H,17,18). The number of carboxylic acids is 1. The van der Waals surface area contributed by atoms with E-state index in [2.05, 4.69) is 10.2 Å². The Bertz CT molecular complexity index is 600. The normalized spacial score (nSPS) is 10.6. The van der Waals surface area contributed by atoms with Gasteiger partial charge >= 0.3 is 5.97 Å². The molecule has 0 spiro atoms. The fraction of sp³-hybridized carbons (Fsp3) is 0.250. The van der Waals surface area contributed by atoms with Crippen LogP contribution in [0.25, 0.3) is 0 Å². The number of hydrogen-bond donors (Lipinski definition) is 1. The lowest BCUT2D eigenvalue weighted by Gasteiger charge is -2.04. The lowest BCUT2D eigenvalue weighted by atomic mass is 10.1. The summed E-state index contributed by atoms with van der Waals surface area (Å²) in [6.45, 7) is 0. The molecule has 1 aromatic carbocycles. The Balaban J connectivity index is 2.14. The molecule has 0 bridgehead atoms. The lowest BCUT2D eigenvalue weighted by molar-refractivity contribution is -0.133. The van der Waals surface area contributed by atoms with E-state index in [4.69, 9.17) is 5.11 Å². The average molecular weight is 281 g/mol. The minimum absolute atomic E-state index is 0.0777. The second kappa shape index (κ2) is 5.83. The molecule has 0 radical (unpaired) electrons. The first-order chi connectivity index (χ1) is 9.08. The first kappa shape index (κ1) is 13.5. The Kier molecular flexibility index (Phi) is 4.16. The molecule has 0 unspecified atom stereocenters. The van der Waals surface area contributed by atoms with Crippen LogP contribution >= 0.6 is 11.8 Å². The van der Waals surface area contributed by atoms with E-state index in [1.54, 1.807) is 29.8 Å². The molecular weight excluding hydrogens is 269 g/mol. The molecule has 2 rings (SSSR count). The van der Waals surface area contributed by atoms with Crippen LogP contribution in [-0.2, 0) is 18.3 Å². The molecule has 100 valence electrons. The predicted octanol–water partition coefficient (Wildman–Crippen LogP) is 1.72. The molecule has 0 atom stereocenters. The van der Waals surface area contributed by atoms with Gasteiger partial charge in [-0.2, -0.15) is 0 Å². The highest BCUT2D eigenvalue weighted by atomic mass is 32.2. The van der Waals surface area contributed by atoms with Gasteiger partial charge in [-0.25, -0.2) is 4.39 Å². The molecule has 0 fully saturated rings. The molecule has 0 saturated carbocycles. The lowest BCUT2D eigenvalue weighted by Crippen LogP contribution is -2.03. The summed E-state index contributed by atoms with van der Waals surface area (Å²) >= 11 is 1.09. The van der Waals surface area contributed by atoms with E-state index in [0.717, 1.165) is 11.8 Å². The quantitative estimate of drug-likeness (QED) is 0.845. The van der Waals surface area contributed by atoms with Gasteiger partial charge in [0.15, 0.2) is 5.16 Å². The number of carbonyl (C=O) groups is 1.